The van der Waals surface area contributed by atoms with Gasteiger partial charge in [0.05, 0.1) is 0 Å². The van der Waals surface area contributed by atoms with Crippen LogP contribution in [0.1, 0.15) is 12.0 Å². The maximum atomic E-state index is 12.9. The van der Waals surface area contributed by atoms with Crippen molar-refractivity contribution in [1.29, 1.82) is 0 Å². The van der Waals surface area contributed by atoms with Gasteiger partial charge in [-0.25, -0.2) is 18.3 Å². The predicted octanol–water partition coefficient (Wildman–Crippen LogP) is 2.34. The molecule has 2 aromatic rings. The second-order valence-corrected chi connectivity index (χ2v) is 7.76. The Morgan fingerprint density at radius 1 is 1.08 bits per heavy atom. The Morgan fingerprint density at radius 2 is 1.58 bits per heavy atom. The number of hydrogen-bond donors (Lipinski definition) is 2. The molecule has 0 saturated heterocycles. The van der Waals surface area contributed by atoms with Crippen molar-refractivity contribution in [3.63, 3.8) is 0 Å². The van der Waals surface area contributed by atoms with Crippen molar-refractivity contribution in [2.45, 2.75) is 18.1 Å². The molecule has 2 rings (SSSR count). The molecule has 24 heavy (non-hydrogen) atoms. The molecule has 0 radical (unpaired) electrons. The summed E-state index contributed by atoms with van der Waals surface area (Å²) in [5.41, 5.74) is 4.04. The normalized spacial score (nSPS) is 12.6. The van der Waals surface area contributed by atoms with E-state index in [1.165, 1.54) is 17.6 Å². The van der Waals surface area contributed by atoms with Gasteiger partial charge in [-0.15, -0.1) is 0 Å². The zero-order valence-electron chi connectivity index (χ0n) is 13.1. The number of aryl methyl sites for hydroxylation is 1. The molecule has 1 atom stereocenters. The molecule has 0 saturated carbocycles. The fraction of sp³-hybridized carbons (Fsp3) is 0.235. The molecule has 0 spiro atoms. The summed E-state index contributed by atoms with van der Waals surface area (Å²) in [7, 11) is -3.61. The van der Waals surface area contributed by atoms with Gasteiger partial charge in [-0.2, -0.15) is 0 Å². The minimum Gasteiger partial charge on any atom is -0.289 e. The third-order valence-corrected chi connectivity index (χ3v) is 5.23. The first-order valence-corrected chi connectivity index (χ1v) is 9.24. The number of carbonyl (C=O) groups is 1. The van der Waals surface area contributed by atoms with Crippen molar-refractivity contribution in [2.24, 2.45) is 0 Å². The first-order valence-electron chi connectivity index (χ1n) is 7.29. The van der Waals surface area contributed by atoms with Gasteiger partial charge in [0, 0.05) is 6.26 Å². The van der Waals surface area contributed by atoms with Gasteiger partial charge in [-0.3, -0.25) is 10.0 Å². The van der Waals surface area contributed by atoms with Gasteiger partial charge in [-0.05, 0) is 41.7 Å². The summed E-state index contributed by atoms with van der Waals surface area (Å²) in [5, 5.41) is 7.36. The van der Waals surface area contributed by atoms with Gasteiger partial charge < -0.3 is 0 Å². The molecule has 1 amide bonds. The number of amides is 1. The van der Waals surface area contributed by atoms with Gasteiger partial charge in [-0.1, -0.05) is 36.4 Å². The lowest BCUT2D eigenvalue weighted by Crippen LogP contribution is -2.38. The molecular weight excluding hydrogens is 333 g/mol. The maximum absolute atomic E-state index is 12.9. The zero-order chi connectivity index (χ0) is 17.7. The molecule has 0 fully saturated rings. The number of rotatable bonds is 6. The van der Waals surface area contributed by atoms with E-state index in [9.17, 15) is 17.6 Å². The summed E-state index contributed by atoms with van der Waals surface area (Å²) in [6, 6.07) is 13.5. The van der Waals surface area contributed by atoms with E-state index in [4.69, 9.17) is 5.21 Å². The number of nitrogens with one attached hydrogen (secondary N) is 1. The molecule has 0 aromatic heterocycles. The van der Waals surface area contributed by atoms with Crippen molar-refractivity contribution < 1.29 is 22.8 Å². The van der Waals surface area contributed by atoms with Crippen LogP contribution in [-0.2, 0) is 21.1 Å². The molecule has 0 bridgehead atoms. The zero-order valence-corrected chi connectivity index (χ0v) is 13.9. The lowest BCUT2D eigenvalue weighted by Gasteiger charge is -2.13. The second kappa shape index (κ2) is 7.55. The van der Waals surface area contributed by atoms with E-state index in [0.717, 1.165) is 22.9 Å². The molecule has 0 aliphatic heterocycles. The van der Waals surface area contributed by atoms with Crippen LogP contribution < -0.4 is 5.48 Å². The Morgan fingerprint density at radius 3 is 2.04 bits per heavy atom. The SMILES string of the molecule is CS(=O)(=O)C(CCc1ccc(-c2ccc(F)cc2)cc1)C(=O)NO. The van der Waals surface area contributed by atoms with Crippen LogP contribution in [0.25, 0.3) is 11.1 Å². The largest absolute Gasteiger partial charge is 0.289 e. The van der Waals surface area contributed by atoms with E-state index in [-0.39, 0.29) is 12.2 Å². The third-order valence-electron chi connectivity index (χ3n) is 3.75. The lowest BCUT2D eigenvalue weighted by atomic mass is 10.0. The highest BCUT2D eigenvalue weighted by Crippen LogP contribution is 2.21. The molecule has 2 N–H and O–H groups in total. The smallest absolute Gasteiger partial charge is 0.261 e. The number of sulfone groups is 1. The second-order valence-electron chi connectivity index (χ2n) is 5.54. The maximum Gasteiger partial charge on any atom is 0.261 e. The number of halogens is 1. The molecule has 1 unspecified atom stereocenters. The fourth-order valence-electron chi connectivity index (χ4n) is 2.42. The van der Waals surface area contributed by atoms with Crippen LogP contribution in [0.4, 0.5) is 4.39 Å². The number of hydroxylamine groups is 1. The highest BCUT2D eigenvalue weighted by Gasteiger charge is 2.28. The van der Waals surface area contributed by atoms with Crippen molar-refractivity contribution >= 4 is 15.7 Å². The third kappa shape index (κ3) is 4.62. The van der Waals surface area contributed by atoms with Gasteiger partial charge in [0.2, 0.25) is 0 Å². The van der Waals surface area contributed by atoms with Crippen LogP contribution in [-0.4, -0.2) is 31.0 Å². The van der Waals surface area contributed by atoms with Crippen LogP contribution in [0.2, 0.25) is 0 Å². The molecule has 5 nitrogen and oxygen atoms in total. The predicted molar refractivity (Wildman–Crippen MR) is 88.7 cm³/mol. The molecule has 0 heterocycles. The average Bonchev–Trinajstić information content (AvgIpc) is 2.55. The highest BCUT2D eigenvalue weighted by atomic mass is 32.2. The van der Waals surface area contributed by atoms with Crippen molar-refractivity contribution in [3.8, 4) is 11.1 Å². The molecule has 0 aliphatic carbocycles. The Bertz CT molecular complexity index is 801. The summed E-state index contributed by atoms with van der Waals surface area (Å²) in [5.74, 6) is -1.23. The average molecular weight is 351 g/mol. The Kier molecular flexibility index (Phi) is 5.69. The van der Waals surface area contributed by atoms with E-state index in [2.05, 4.69) is 0 Å². The Hall–Kier alpha value is -2.25. The van der Waals surface area contributed by atoms with Crippen LogP contribution in [0.3, 0.4) is 0 Å². The number of benzene rings is 2. The minimum absolute atomic E-state index is 0.0706. The standard InChI is InChI=1S/C17H18FNO4S/c1-24(22,23)16(17(20)19-21)11-4-12-2-5-13(6-3-12)14-7-9-15(18)10-8-14/h2-3,5-10,16,21H,4,11H2,1H3,(H,19,20). The van der Waals surface area contributed by atoms with Crippen molar-refractivity contribution in [1.82, 2.24) is 5.48 Å². The Labute approximate surface area is 140 Å². The van der Waals surface area contributed by atoms with E-state index < -0.39 is 21.0 Å². The molecule has 0 aliphatic rings. The molecular formula is C17H18FNO4S. The summed E-state index contributed by atoms with van der Waals surface area (Å²) >= 11 is 0. The lowest BCUT2D eigenvalue weighted by molar-refractivity contribution is -0.128. The molecule has 128 valence electrons. The summed E-state index contributed by atoms with van der Waals surface area (Å²) in [6.45, 7) is 0. The number of hydrogen-bond acceptors (Lipinski definition) is 4. The summed E-state index contributed by atoms with van der Waals surface area (Å²) in [6.07, 6.45) is 1.40. The van der Waals surface area contributed by atoms with Gasteiger partial charge in [0.1, 0.15) is 11.1 Å². The van der Waals surface area contributed by atoms with E-state index in [0.29, 0.717) is 6.42 Å². The van der Waals surface area contributed by atoms with Gasteiger partial charge in [0.25, 0.3) is 5.91 Å². The van der Waals surface area contributed by atoms with Crippen LogP contribution in [0.15, 0.2) is 48.5 Å². The van der Waals surface area contributed by atoms with E-state index in [1.54, 1.807) is 12.1 Å². The quantitative estimate of drug-likeness (QED) is 0.618. The van der Waals surface area contributed by atoms with Crippen LogP contribution in [0.5, 0.6) is 0 Å². The van der Waals surface area contributed by atoms with E-state index in [1.807, 2.05) is 24.3 Å². The van der Waals surface area contributed by atoms with Crippen molar-refractivity contribution in [3.05, 3.63) is 59.9 Å². The monoisotopic (exact) mass is 351 g/mol. The van der Waals surface area contributed by atoms with Crippen LogP contribution in [0, 0.1) is 5.82 Å². The van der Waals surface area contributed by atoms with Crippen LogP contribution >= 0.6 is 0 Å². The summed E-state index contributed by atoms with van der Waals surface area (Å²) in [4.78, 5) is 11.5. The number of carbonyl (C=O) groups excluding carboxylic acids is 1. The molecule has 2 aromatic carbocycles. The molecule has 7 heteroatoms. The summed E-state index contributed by atoms with van der Waals surface area (Å²) < 4.78 is 36.2. The fourth-order valence-corrected chi connectivity index (χ4v) is 3.40. The van der Waals surface area contributed by atoms with Gasteiger partial charge >= 0.3 is 0 Å². The first kappa shape index (κ1) is 18.1. The Balaban J connectivity index is 2.08. The van der Waals surface area contributed by atoms with Crippen molar-refractivity contribution in [2.75, 3.05) is 6.26 Å². The first-order chi connectivity index (χ1) is 11.3. The van der Waals surface area contributed by atoms with E-state index >= 15 is 0 Å². The minimum atomic E-state index is -3.61. The highest BCUT2D eigenvalue weighted by molar-refractivity contribution is 7.92. The van der Waals surface area contributed by atoms with Gasteiger partial charge in [0.15, 0.2) is 9.84 Å². The topological polar surface area (TPSA) is 83.5 Å².